The van der Waals surface area contributed by atoms with Crippen molar-refractivity contribution in [2.45, 2.75) is 90.8 Å². The summed E-state index contributed by atoms with van der Waals surface area (Å²) in [4.78, 5) is 23.6. The van der Waals surface area contributed by atoms with E-state index >= 15 is 0 Å². The van der Waals surface area contributed by atoms with Crippen molar-refractivity contribution in [1.82, 2.24) is 5.32 Å². The van der Waals surface area contributed by atoms with Gasteiger partial charge in [-0.2, -0.15) is 0 Å². The molecular weight excluding hydrogens is 268 g/mol. The lowest BCUT2D eigenvalue weighted by molar-refractivity contribution is -0.155. The minimum atomic E-state index is -0.475. The standard InChI is InChI=1S/C16H32N2O3/c1-14(2,3)21-13(20)9-11-16(6,7)18-12(19)8-10-15(4,5)17/h8-11,17H2,1-7H3,(H,18,19). The van der Waals surface area contributed by atoms with E-state index in [4.69, 9.17) is 10.5 Å². The fraction of sp³-hybridized carbons (Fsp3) is 0.875. The molecule has 0 aliphatic rings. The highest BCUT2D eigenvalue weighted by Gasteiger charge is 2.24. The predicted octanol–water partition coefficient (Wildman–Crippen LogP) is 2.52. The van der Waals surface area contributed by atoms with Gasteiger partial charge in [-0.05, 0) is 61.3 Å². The molecule has 0 bridgehead atoms. The van der Waals surface area contributed by atoms with Crippen LogP contribution in [0.2, 0.25) is 0 Å². The zero-order valence-electron chi connectivity index (χ0n) is 14.6. The molecule has 0 spiro atoms. The van der Waals surface area contributed by atoms with E-state index in [1.54, 1.807) is 0 Å². The first-order valence-electron chi connectivity index (χ1n) is 7.52. The number of hydrogen-bond donors (Lipinski definition) is 2. The number of carbonyl (C=O) groups is 2. The van der Waals surface area contributed by atoms with Gasteiger partial charge in [0, 0.05) is 23.9 Å². The van der Waals surface area contributed by atoms with Crippen molar-refractivity contribution < 1.29 is 14.3 Å². The molecule has 0 rings (SSSR count). The van der Waals surface area contributed by atoms with E-state index in [2.05, 4.69) is 5.32 Å². The number of esters is 1. The first kappa shape index (κ1) is 19.9. The molecule has 3 N–H and O–H groups in total. The first-order chi connectivity index (χ1) is 9.20. The lowest BCUT2D eigenvalue weighted by Crippen LogP contribution is -2.45. The first-order valence-corrected chi connectivity index (χ1v) is 7.52. The Kier molecular flexibility index (Phi) is 6.87. The minimum Gasteiger partial charge on any atom is -0.460 e. The van der Waals surface area contributed by atoms with Crippen molar-refractivity contribution in [3.05, 3.63) is 0 Å². The van der Waals surface area contributed by atoms with E-state index in [0.717, 1.165) is 0 Å². The number of nitrogens with one attached hydrogen (secondary N) is 1. The highest BCUT2D eigenvalue weighted by Crippen LogP contribution is 2.16. The average molecular weight is 300 g/mol. The Morgan fingerprint density at radius 3 is 1.90 bits per heavy atom. The van der Waals surface area contributed by atoms with Gasteiger partial charge in [0.05, 0.1) is 0 Å². The van der Waals surface area contributed by atoms with Crippen LogP contribution in [0.15, 0.2) is 0 Å². The summed E-state index contributed by atoms with van der Waals surface area (Å²) in [6, 6.07) is 0. The van der Waals surface area contributed by atoms with Gasteiger partial charge in [-0.3, -0.25) is 9.59 Å². The van der Waals surface area contributed by atoms with Crippen LogP contribution in [-0.4, -0.2) is 28.6 Å². The van der Waals surface area contributed by atoms with Gasteiger partial charge in [-0.1, -0.05) is 0 Å². The van der Waals surface area contributed by atoms with Crippen LogP contribution in [0.1, 0.15) is 74.1 Å². The molecule has 124 valence electrons. The maximum atomic E-state index is 11.9. The normalized spacial score (nSPS) is 13.0. The molecule has 0 aromatic carbocycles. The smallest absolute Gasteiger partial charge is 0.306 e. The van der Waals surface area contributed by atoms with E-state index in [0.29, 0.717) is 19.3 Å². The topological polar surface area (TPSA) is 81.4 Å². The van der Waals surface area contributed by atoms with Crippen LogP contribution in [0.4, 0.5) is 0 Å². The maximum Gasteiger partial charge on any atom is 0.306 e. The van der Waals surface area contributed by atoms with Crippen molar-refractivity contribution >= 4 is 11.9 Å². The third kappa shape index (κ3) is 12.4. The van der Waals surface area contributed by atoms with Gasteiger partial charge in [0.1, 0.15) is 5.60 Å². The predicted molar refractivity (Wildman–Crippen MR) is 84.8 cm³/mol. The van der Waals surface area contributed by atoms with Gasteiger partial charge in [-0.15, -0.1) is 0 Å². The Morgan fingerprint density at radius 2 is 1.48 bits per heavy atom. The summed E-state index contributed by atoms with van der Waals surface area (Å²) in [5, 5.41) is 2.94. The van der Waals surface area contributed by atoms with Crippen molar-refractivity contribution in [3.8, 4) is 0 Å². The Morgan fingerprint density at radius 1 is 0.952 bits per heavy atom. The molecule has 0 aliphatic carbocycles. The largest absolute Gasteiger partial charge is 0.460 e. The second kappa shape index (κ2) is 7.25. The molecule has 0 saturated carbocycles. The highest BCUT2D eigenvalue weighted by atomic mass is 16.6. The zero-order chi connectivity index (χ0) is 16.9. The highest BCUT2D eigenvalue weighted by molar-refractivity contribution is 5.77. The molecule has 0 saturated heterocycles. The van der Waals surface area contributed by atoms with Crippen LogP contribution < -0.4 is 11.1 Å². The number of ether oxygens (including phenoxy) is 1. The molecule has 0 radical (unpaired) electrons. The van der Waals surface area contributed by atoms with Gasteiger partial charge in [0.2, 0.25) is 5.91 Å². The van der Waals surface area contributed by atoms with Gasteiger partial charge in [0.15, 0.2) is 0 Å². The molecule has 5 heteroatoms. The van der Waals surface area contributed by atoms with E-state index in [1.165, 1.54) is 0 Å². The summed E-state index contributed by atoms with van der Waals surface area (Å²) in [5.41, 5.74) is 4.60. The molecule has 0 aliphatic heterocycles. The van der Waals surface area contributed by atoms with Gasteiger partial charge in [-0.25, -0.2) is 0 Å². The van der Waals surface area contributed by atoms with Crippen molar-refractivity contribution in [1.29, 1.82) is 0 Å². The van der Waals surface area contributed by atoms with Crippen LogP contribution in [0.5, 0.6) is 0 Å². The van der Waals surface area contributed by atoms with Crippen LogP contribution in [0.25, 0.3) is 0 Å². The van der Waals surface area contributed by atoms with Crippen molar-refractivity contribution in [2.24, 2.45) is 5.73 Å². The molecular formula is C16H32N2O3. The number of amides is 1. The fourth-order valence-electron chi connectivity index (χ4n) is 1.75. The lowest BCUT2D eigenvalue weighted by Gasteiger charge is -2.28. The minimum absolute atomic E-state index is 0.0392. The van der Waals surface area contributed by atoms with Crippen LogP contribution in [-0.2, 0) is 14.3 Å². The van der Waals surface area contributed by atoms with Crippen LogP contribution in [0.3, 0.4) is 0 Å². The molecule has 0 aromatic heterocycles. The summed E-state index contributed by atoms with van der Waals surface area (Å²) in [7, 11) is 0. The number of nitrogens with two attached hydrogens (primary N) is 1. The average Bonchev–Trinajstić information content (AvgIpc) is 2.20. The zero-order valence-corrected chi connectivity index (χ0v) is 14.6. The summed E-state index contributed by atoms with van der Waals surface area (Å²) >= 11 is 0. The summed E-state index contributed by atoms with van der Waals surface area (Å²) in [5.74, 6) is -0.282. The Bertz CT molecular complexity index is 363. The number of carbonyl (C=O) groups excluding carboxylic acids is 2. The van der Waals surface area contributed by atoms with Crippen LogP contribution >= 0.6 is 0 Å². The van der Waals surface area contributed by atoms with Crippen molar-refractivity contribution in [3.63, 3.8) is 0 Å². The molecule has 1 amide bonds. The number of rotatable bonds is 7. The molecule has 5 nitrogen and oxygen atoms in total. The van der Waals surface area contributed by atoms with E-state index in [-0.39, 0.29) is 23.8 Å². The monoisotopic (exact) mass is 300 g/mol. The Hall–Kier alpha value is -1.10. The molecule has 21 heavy (non-hydrogen) atoms. The second-order valence-corrected chi connectivity index (χ2v) is 8.01. The molecule has 0 atom stereocenters. The molecule has 0 unspecified atom stereocenters. The summed E-state index contributed by atoms with van der Waals surface area (Å²) in [6.07, 6.45) is 1.84. The number of hydrogen-bond acceptors (Lipinski definition) is 4. The summed E-state index contributed by atoms with van der Waals surface area (Å²) in [6.45, 7) is 13.1. The van der Waals surface area contributed by atoms with Gasteiger partial charge in [0.25, 0.3) is 0 Å². The van der Waals surface area contributed by atoms with Crippen molar-refractivity contribution in [2.75, 3.05) is 0 Å². The van der Waals surface area contributed by atoms with E-state index < -0.39 is 11.1 Å². The van der Waals surface area contributed by atoms with Gasteiger partial charge >= 0.3 is 5.97 Å². The van der Waals surface area contributed by atoms with E-state index in [9.17, 15) is 9.59 Å². The third-order valence-electron chi connectivity index (χ3n) is 2.85. The van der Waals surface area contributed by atoms with Gasteiger partial charge < -0.3 is 15.8 Å². The molecule has 0 aromatic rings. The quantitative estimate of drug-likeness (QED) is 0.708. The third-order valence-corrected chi connectivity index (χ3v) is 2.85. The SMILES string of the molecule is CC(C)(N)CCC(=O)NC(C)(C)CCC(=O)OC(C)(C)C. The van der Waals surface area contributed by atoms with Crippen LogP contribution in [0, 0.1) is 0 Å². The van der Waals surface area contributed by atoms with E-state index in [1.807, 2.05) is 48.5 Å². The second-order valence-electron chi connectivity index (χ2n) is 8.01. The fourth-order valence-corrected chi connectivity index (χ4v) is 1.75. The molecule has 0 heterocycles. The Balaban J connectivity index is 4.19. The molecule has 0 fully saturated rings. The lowest BCUT2D eigenvalue weighted by atomic mass is 9.96. The maximum absolute atomic E-state index is 11.9. The summed E-state index contributed by atoms with van der Waals surface area (Å²) < 4.78 is 5.26. The Labute approximate surface area is 129 Å².